The predicted molar refractivity (Wildman–Crippen MR) is 79.7 cm³/mol. The molecule has 0 radical (unpaired) electrons. The second kappa shape index (κ2) is 4.45. The van der Waals surface area contributed by atoms with Gasteiger partial charge in [-0.15, -0.1) is 0 Å². The van der Waals surface area contributed by atoms with Crippen molar-refractivity contribution in [1.82, 2.24) is 0 Å². The number of hydrogen-bond donors (Lipinski definition) is 0. The maximum atomic E-state index is 2.36. The van der Waals surface area contributed by atoms with Crippen molar-refractivity contribution in [3.63, 3.8) is 0 Å². The van der Waals surface area contributed by atoms with Crippen molar-refractivity contribution in [1.29, 1.82) is 0 Å². The zero-order valence-electron chi connectivity index (χ0n) is 11.0. The van der Waals surface area contributed by atoms with Gasteiger partial charge in [0.05, 0.1) is 0 Å². The Morgan fingerprint density at radius 3 is 2.50 bits per heavy atom. The van der Waals surface area contributed by atoms with Gasteiger partial charge in [0.2, 0.25) is 0 Å². The molecule has 0 spiro atoms. The minimum atomic E-state index is 1.12. The number of hydrogen-bond acceptors (Lipinski definition) is 0. The topological polar surface area (TPSA) is 0 Å². The van der Waals surface area contributed by atoms with Gasteiger partial charge in [-0.05, 0) is 47.2 Å². The first-order valence-electron chi connectivity index (χ1n) is 6.68. The van der Waals surface area contributed by atoms with Crippen LogP contribution in [0.3, 0.4) is 0 Å². The van der Waals surface area contributed by atoms with E-state index in [1.807, 2.05) is 0 Å². The lowest BCUT2D eigenvalue weighted by molar-refractivity contribution is 1.05. The summed E-state index contributed by atoms with van der Waals surface area (Å²) in [6, 6.07) is 13.2. The van der Waals surface area contributed by atoms with Gasteiger partial charge in [0.15, 0.2) is 0 Å². The van der Waals surface area contributed by atoms with E-state index in [1.54, 1.807) is 0 Å². The molecule has 2 aromatic rings. The molecule has 0 unspecified atom stereocenters. The third-order valence-corrected chi connectivity index (χ3v) is 3.85. The molecule has 1 aliphatic rings. The number of rotatable bonds is 2. The summed E-state index contributed by atoms with van der Waals surface area (Å²) in [5.41, 5.74) is 5.66. The molecule has 0 saturated carbocycles. The first-order chi connectivity index (χ1) is 8.79. The highest BCUT2D eigenvalue weighted by Gasteiger charge is 2.10. The van der Waals surface area contributed by atoms with Crippen molar-refractivity contribution < 1.29 is 0 Å². The highest BCUT2D eigenvalue weighted by Crippen LogP contribution is 2.33. The Labute approximate surface area is 109 Å². The van der Waals surface area contributed by atoms with Crippen LogP contribution in [0.2, 0.25) is 0 Å². The van der Waals surface area contributed by atoms with Gasteiger partial charge in [0, 0.05) is 0 Å². The molecule has 90 valence electrons. The van der Waals surface area contributed by atoms with Crippen molar-refractivity contribution in [3.05, 3.63) is 65.3 Å². The Morgan fingerprint density at radius 2 is 1.78 bits per heavy atom. The summed E-state index contributed by atoms with van der Waals surface area (Å²) in [6.07, 6.45) is 6.99. The molecule has 0 heterocycles. The van der Waals surface area contributed by atoms with Crippen molar-refractivity contribution in [3.8, 4) is 0 Å². The Hall–Kier alpha value is -1.82. The van der Waals surface area contributed by atoms with Crippen LogP contribution in [0.1, 0.15) is 30.9 Å². The van der Waals surface area contributed by atoms with E-state index < -0.39 is 0 Å². The fraction of sp³-hybridized carbons (Fsp3) is 0.222. The molecule has 0 heteroatoms. The largest absolute Gasteiger partial charge is 0.0726 e. The molecular formula is C18H18. The summed E-state index contributed by atoms with van der Waals surface area (Å²) in [4.78, 5) is 0. The normalized spacial score (nSPS) is 14.8. The molecule has 0 N–H and O–H groups in total. The Bertz CT molecular complexity index is 657. The third-order valence-electron chi connectivity index (χ3n) is 3.85. The third kappa shape index (κ3) is 1.78. The number of fused-ring (bicyclic) bond motifs is 1. The monoisotopic (exact) mass is 234 g/mol. The lowest BCUT2D eigenvalue weighted by Crippen LogP contribution is -1.86. The van der Waals surface area contributed by atoms with Gasteiger partial charge in [0.25, 0.3) is 0 Å². The Balaban J connectivity index is 2.20. The van der Waals surface area contributed by atoms with Gasteiger partial charge in [-0.25, -0.2) is 0 Å². The first kappa shape index (κ1) is 11.3. The summed E-state index contributed by atoms with van der Waals surface area (Å²) in [7, 11) is 0. The minimum absolute atomic E-state index is 1.12. The maximum absolute atomic E-state index is 2.36. The van der Waals surface area contributed by atoms with E-state index >= 15 is 0 Å². The first-order valence-corrected chi connectivity index (χ1v) is 6.68. The van der Waals surface area contributed by atoms with Gasteiger partial charge in [0.1, 0.15) is 0 Å². The average molecular weight is 234 g/mol. The van der Waals surface area contributed by atoms with E-state index in [2.05, 4.69) is 62.4 Å². The van der Waals surface area contributed by atoms with Gasteiger partial charge in [-0.1, -0.05) is 61.0 Å². The minimum Gasteiger partial charge on any atom is -0.0726 e. The zero-order valence-corrected chi connectivity index (χ0v) is 11.0. The van der Waals surface area contributed by atoms with Crippen LogP contribution >= 0.6 is 0 Å². The van der Waals surface area contributed by atoms with Crippen LogP contribution in [0.15, 0.2) is 54.1 Å². The van der Waals surface area contributed by atoms with Crippen LogP contribution in [-0.4, -0.2) is 0 Å². The van der Waals surface area contributed by atoms with E-state index in [0.29, 0.717) is 0 Å². The molecule has 2 aromatic carbocycles. The highest BCUT2D eigenvalue weighted by atomic mass is 14.1. The number of aryl methyl sites for hydroxylation is 1. The molecule has 0 atom stereocenters. The molecule has 0 saturated heterocycles. The molecule has 0 aromatic heterocycles. The van der Waals surface area contributed by atoms with Gasteiger partial charge in [-0.2, -0.15) is 0 Å². The van der Waals surface area contributed by atoms with Crippen LogP contribution in [0.25, 0.3) is 16.3 Å². The zero-order chi connectivity index (χ0) is 12.5. The van der Waals surface area contributed by atoms with Crippen LogP contribution in [-0.2, 0) is 0 Å². The van der Waals surface area contributed by atoms with Crippen molar-refractivity contribution in [2.45, 2.75) is 26.7 Å². The van der Waals surface area contributed by atoms with Gasteiger partial charge >= 0.3 is 0 Å². The van der Waals surface area contributed by atoms with E-state index in [9.17, 15) is 0 Å². The second-order valence-electron chi connectivity index (χ2n) is 5.00. The summed E-state index contributed by atoms with van der Waals surface area (Å²) >= 11 is 0. The van der Waals surface area contributed by atoms with E-state index in [0.717, 1.165) is 12.8 Å². The highest BCUT2D eigenvalue weighted by molar-refractivity contribution is 5.98. The van der Waals surface area contributed by atoms with E-state index in [1.165, 1.54) is 33.0 Å². The lowest BCUT2D eigenvalue weighted by Gasteiger charge is -2.08. The fourth-order valence-corrected chi connectivity index (χ4v) is 2.71. The number of allylic oxidation sites excluding steroid dienone is 4. The molecule has 3 rings (SSSR count). The predicted octanol–water partition coefficient (Wildman–Crippen LogP) is 5.27. The molecular weight excluding hydrogens is 216 g/mol. The SMILES string of the molecule is CCC1=CC(c2ccc(C)c3ccccc23)=CC1. The van der Waals surface area contributed by atoms with E-state index in [-0.39, 0.29) is 0 Å². The smallest absolute Gasteiger partial charge is 0.0103 e. The summed E-state index contributed by atoms with van der Waals surface area (Å²) in [5, 5.41) is 2.74. The van der Waals surface area contributed by atoms with Crippen molar-refractivity contribution in [2.24, 2.45) is 0 Å². The van der Waals surface area contributed by atoms with Crippen LogP contribution in [0.5, 0.6) is 0 Å². The lowest BCUT2D eigenvalue weighted by atomic mass is 9.96. The van der Waals surface area contributed by atoms with Crippen molar-refractivity contribution in [2.75, 3.05) is 0 Å². The number of benzene rings is 2. The van der Waals surface area contributed by atoms with Gasteiger partial charge in [-0.3, -0.25) is 0 Å². The quantitative estimate of drug-likeness (QED) is 0.664. The molecule has 18 heavy (non-hydrogen) atoms. The maximum Gasteiger partial charge on any atom is -0.0103 e. The average Bonchev–Trinajstić information content (AvgIpc) is 2.88. The second-order valence-corrected chi connectivity index (χ2v) is 5.00. The molecule has 0 nitrogen and oxygen atoms in total. The summed E-state index contributed by atoms with van der Waals surface area (Å²) < 4.78 is 0. The van der Waals surface area contributed by atoms with Crippen molar-refractivity contribution >= 4 is 16.3 Å². The summed E-state index contributed by atoms with van der Waals surface area (Å²) in [5.74, 6) is 0. The standard InChI is InChI=1S/C18H18/c1-3-14-9-10-15(12-14)17-11-8-13(2)16-6-4-5-7-18(16)17/h4-8,10-12H,3,9H2,1-2H3. The van der Waals surface area contributed by atoms with Crippen LogP contribution in [0.4, 0.5) is 0 Å². The molecule has 0 amide bonds. The molecule has 0 bridgehead atoms. The van der Waals surface area contributed by atoms with E-state index in [4.69, 9.17) is 0 Å². The molecule has 0 aliphatic heterocycles. The Kier molecular flexibility index (Phi) is 2.79. The van der Waals surface area contributed by atoms with Crippen LogP contribution < -0.4 is 0 Å². The Morgan fingerprint density at radius 1 is 1.00 bits per heavy atom. The van der Waals surface area contributed by atoms with Gasteiger partial charge < -0.3 is 0 Å². The summed E-state index contributed by atoms with van der Waals surface area (Å²) in [6.45, 7) is 4.41. The molecule has 0 fully saturated rings. The fourth-order valence-electron chi connectivity index (χ4n) is 2.71. The van der Waals surface area contributed by atoms with Crippen LogP contribution in [0, 0.1) is 6.92 Å². The molecule has 1 aliphatic carbocycles.